The Morgan fingerprint density at radius 2 is 1.67 bits per heavy atom. The van der Waals surface area contributed by atoms with Crippen LogP contribution in [-0.2, 0) is 0 Å². The molecule has 0 aliphatic carbocycles. The summed E-state index contributed by atoms with van der Waals surface area (Å²) in [5.41, 5.74) is 0.613. The van der Waals surface area contributed by atoms with Crippen molar-refractivity contribution in [3.8, 4) is 11.3 Å². The molecule has 1 aromatic heterocycles. The molecule has 0 amide bonds. The van der Waals surface area contributed by atoms with E-state index in [1.165, 1.54) is 18.3 Å². The van der Waals surface area contributed by atoms with Gasteiger partial charge in [0.15, 0.2) is 11.6 Å². The molecule has 2 rings (SSSR count). The van der Waals surface area contributed by atoms with Crippen molar-refractivity contribution in [2.75, 3.05) is 0 Å². The first-order valence-electron chi connectivity index (χ1n) is 4.24. The zero-order chi connectivity index (χ0) is 10.8. The van der Waals surface area contributed by atoms with E-state index in [1.807, 2.05) is 0 Å². The summed E-state index contributed by atoms with van der Waals surface area (Å²) in [5, 5.41) is 0. The molecule has 0 aliphatic rings. The highest BCUT2D eigenvalue weighted by Crippen LogP contribution is 2.19. The Morgan fingerprint density at radius 3 is 2.33 bits per heavy atom. The van der Waals surface area contributed by atoms with E-state index in [2.05, 4.69) is 4.98 Å². The maximum atomic E-state index is 12.9. The summed E-state index contributed by atoms with van der Waals surface area (Å²) >= 11 is 0. The van der Waals surface area contributed by atoms with E-state index in [0.717, 1.165) is 18.2 Å². The molecule has 2 aromatic rings. The highest BCUT2D eigenvalue weighted by molar-refractivity contribution is 5.58. The Kier molecular flexibility index (Phi) is 2.41. The molecule has 0 atom stereocenters. The van der Waals surface area contributed by atoms with Crippen molar-refractivity contribution in [2.24, 2.45) is 0 Å². The fourth-order valence-electron chi connectivity index (χ4n) is 1.22. The molecule has 0 fully saturated rings. The third-order valence-corrected chi connectivity index (χ3v) is 1.94. The average molecular weight is 209 g/mol. The normalized spacial score (nSPS) is 10.3. The van der Waals surface area contributed by atoms with E-state index < -0.39 is 17.5 Å². The number of pyridine rings is 1. The van der Waals surface area contributed by atoms with Gasteiger partial charge in [0.05, 0.1) is 5.69 Å². The molecule has 0 unspecified atom stereocenters. The predicted molar refractivity (Wildman–Crippen MR) is 49.5 cm³/mol. The first-order chi connectivity index (χ1) is 7.16. The first-order valence-corrected chi connectivity index (χ1v) is 4.24. The number of aromatic nitrogens is 1. The lowest BCUT2D eigenvalue weighted by atomic mass is 10.1. The Balaban J connectivity index is 2.50. The van der Waals surface area contributed by atoms with Gasteiger partial charge in [-0.25, -0.2) is 13.2 Å². The molecular formula is C11H6F3N. The summed E-state index contributed by atoms with van der Waals surface area (Å²) in [7, 11) is 0. The van der Waals surface area contributed by atoms with Gasteiger partial charge >= 0.3 is 0 Å². The van der Waals surface area contributed by atoms with Gasteiger partial charge in [0.25, 0.3) is 0 Å². The van der Waals surface area contributed by atoms with Crippen LogP contribution < -0.4 is 0 Å². The monoisotopic (exact) mass is 209 g/mol. The molecular weight excluding hydrogens is 203 g/mol. The topological polar surface area (TPSA) is 12.9 Å². The predicted octanol–water partition coefficient (Wildman–Crippen LogP) is 3.17. The van der Waals surface area contributed by atoms with Crippen LogP contribution in [0.15, 0.2) is 36.5 Å². The fourth-order valence-corrected chi connectivity index (χ4v) is 1.22. The van der Waals surface area contributed by atoms with Gasteiger partial charge < -0.3 is 0 Å². The number of hydrogen-bond donors (Lipinski definition) is 0. The van der Waals surface area contributed by atoms with Crippen molar-refractivity contribution < 1.29 is 13.2 Å². The first kappa shape index (κ1) is 9.71. The number of hydrogen-bond acceptors (Lipinski definition) is 1. The van der Waals surface area contributed by atoms with E-state index in [9.17, 15) is 13.2 Å². The van der Waals surface area contributed by atoms with Crippen LogP contribution in [0.4, 0.5) is 13.2 Å². The minimum atomic E-state index is -0.974. The van der Waals surface area contributed by atoms with Crippen LogP contribution >= 0.6 is 0 Å². The Hall–Kier alpha value is -1.84. The van der Waals surface area contributed by atoms with Crippen LogP contribution in [0.1, 0.15) is 0 Å². The zero-order valence-electron chi connectivity index (χ0n) is 7.55. The van der Waals surface area contributed by atoms with Gasteiger partial charge in [-0.1, -0.05) is 0 Å². The molecule has 15 heavy (non-hydrogen) atoms. The van der Waals surface area contributed by atoms with Gasteiger partial charge in [-0.3, -0.25) is 4.98 Å². The molecule has 1 heterocycles. The van der Waals surface area contributed by atoms with Crippen molar-refractivity contribution in [3.63, 3.8) is 0 Å². The van der Waals surface area contributed by atoms with Crippen LogP contribution in [-0.4, -0.2) is 4.98 Å². The van der Waals surface area contributed by atoms with Gasteiger partial charge in [0.2, 0.25) is 0 Å². The van der Waals surface area contributed by atoms with E-state index in [4.69, 9.17) is 0 Å². The maximum absolute atomic E-state index is 12.9. The standard InChI is InChI=1S/C11H6F3N/c12-8-3-4-15-11(6-8)7-1-2-9(13)10(14)5-7/h1-6H. The van der Waals surface area contributed by atoms with Gasteiger partial charge in [-0.2, -0.15) is 0 Å². The van der Waals surface area contributed by atoms with Crippen molar-refractivity contribution in [2.45, 2.75) is 0 Å². The van der Waals surface area contributed by atoms with Gasteiger partial charge in [-0.15, -0.1) is 0 Å². The Labute approximate surface area is 84.2 Å². The van der Waals surface area contributed by atoms with Crippen LogP contribution in [0, 0.1) is 17.5 Å². The second-order valence-corrected chi connectivity index (χ2v) is 2.99. The summed E-state index contributed by atoms with van der Waals surface area (Å²) in [4.78, 5) is 3.85. The van der Waals surface area contributed by atoms with E-state index >= 15 is 0 Å². The molecule has 0 aliphatic heterocycles. The minimum absolute atomic E-state index is 0.272. The average Bonchev–Trinajstić information content (AvgIpc) is 2.22. The van der Waals surface area contributed by atoms with Crippen molar-refractivity contribution >= 4 is 0 Å². The molecule has 0 spiro atoms. The third-order valence-electron chi connectivity index (χ3n) is 1.94. The summed E-state index contributed by atoms with van der Waals surface area (Å²) in [5.74, 6) is -2.38. The minimum Gasteiger partial charge on any atom is -0.256 e. The van der Waals surface area contributed by atoms with Gasteiger partial charge in [0.1, 0.15) is 5.82 Å². The van der Waals surface area contributed by atoms with Crippen LogP contribution in [0.2, 0.25) is 0 Å². The second-order valence-electron chi connectivity index (χ2n) is 2.99. The fraction of sp³-hybridized carbons (Fsp3) is 0. The maximum Gasteiger partial charge on any atom is 0.159 e. The lowest BCUT2D eigenvalue weighted by Crippen LogP contribution is -1.88. The zero-order valence-corrected chi connectivity index (χ0v) is 7.55. The number of nitrogens with zero attached hydrogens (tertiary/aromatic N) is 1. The highest BCUT2D eigenvalue weighted by Gasteiger charge is 2.05. The van der Waals surface area contributed by atoms with Crippen molar-refractivity contribution in [3.05, 3.63) is 54.0 Å². The van der Waals surface area contributed by atoms with Crippen molar-refractivity contribution in [1.29, 1.82) is 0 Å². The molecule has 0 bridgehead atoms. The Bertz CT molecular complexity index is 497. The smallest absolute Gasteiger partial charge is 0.159 e. The summed E-state index contributed by atoms with van der Waals surface area (Å²) in [6.07, 6.45) is 1.27. The number of halogens is 3. The Morgan fingerprint density at radius 1 is 0.867 bits per heavy atom. The molecule has 1 aromatic carbocycles. The van der Waals surface area contributed by atoms with E-state index in [0.29, 0.717) is 5.56 Å². The third kappa shape index (κ3) is 1.98. The highest BCUT2D eigenvalue weighted by atomic mass is 19.2. The summed E-state index contributed by atoms with van der Waals surface area (Å²) in [6, 6.07) is 5.66. The van der Waals surface area contributed by atoms with Crippen molar-refractivity contribution in [1.82, 2.24) is 4.98 Å². The molecule has 0 saturated heterocycles. The number of benzene rings is 1. The van der Waals surface area contributed by atoms with Gasteiger partial charge in [0, 0.05) is 17.8 Å². The lowest BCUT2D eigenvalue weighted by Gasteiger charge is -2.01. The molecule has 1 nitrogen and oxygen atoms in total. The molecule has 0 radical (unpaired) electrons. The molecule has 76 valence electrons. The summed E-state index contributed by atoms with van der Waals surface area (Å²) in [6.45, 7) is 0. The molecule has 0 saturated carbocycles. The van der Waals surface area contributed by atoms with Crippen LogP contribution in [0.3, 0.4) is 0 Å². The number of rotatable bonds is 1. The largest absolute Gasteiger partial charge is 0.256 e. The second kappa shape index (κ2) is 3.73. The SMILES string of the molecule is Fc1ccnc(-c2ccc(F)c(F)c2)c1. The summed E-state index contributed by atoms with van der Waals surface area (Å²) < 4.78 is 38.3. The molecule has 4 heteroatoms. The quantitative estimate of drug-likeness (QED) is 0.702. The van der Waals surface area contributed by atoms with Crippen LogP contribution in [0.5, 0.6) is 0 Å². The molecule has 0 N–H and O–H groups in total. The van der Waals surface area contributed by atoms with E-state index in [-0.39, 0.29) is 5.69 Å². The lowest BCUT2D eigenvalue weighted by molar-refractivity contribution is 0.509. The van der Waals surface area contributed by atoms with E-state index in [1.54, 1.807) is 0 Å². The van der Waals surface area contributed by atoms with Crippen LogP contribution in [0.25, 0.3) is 11.3 Å². The van der Waals surface area contributed by atoms with Gasteiger partial charge in [-0.05, 0) is 24.3 Å².